The molecule has 0 saturated heterocycles. The van der Waals surface area contributed by atoms with Gasteiger partial charge in [-0.15, -0.1) is 11.3 Å². The van der Waals surface area contributed by atoms with Crippen molar-refractivity contribution in [1.82, 2.24) is 5.32 Å². The fraction of sp³-hybridized carbons (Fsp3) is 0.167. The second kappa shape index (κ2) is 5.83. The van der Waals surface area contributed by atoms with E-state index in [0.29, 0.717) is 13.1 Å². The summed E-state index contributed by atoms with van der Waals surface area (Å²) in [5.74, 6) is -0.384. The first-order valence-electron chi connectivity index (χ1n) is 5.04. The third kappa shape index (κ3) is 3.42. The Morgan fingerprint density at radius 3 is 2.65 bits per heavy atom. The molecule has 1 aromatic carbocycles. The van der Waals surface area contributed by atoms with Crippen molar-refractivity contribution in [2.24, 2.45) is 0 Å². The quantitative estimate of drug-likeness (QED) is 0.875. The molecule has 0 unspecified atom stereocenters. The summed E-state index contributed by atoms with van der Waals surface area (Å²) < 4.78 is 13.9. The predicted molar refractivity (Wildman–Crippen MR) is 71.3 cm³/mol. The Morgan fingerprint density at radius 2 is 1.94 bits per heavy atom. The number of nitrogens with one attached hydrogen (secondary N) is 1. The van der Waals surface area contributed by atoms with Crippen molar-refractivity contribution < 1.29 is 4.39 Å². The SMILES string of the molecule is Fc1cccc(CNCc2ccc(Cl)s2)c1Cl. The highest BCUT2D eigenvalue weighted by Crippen LogP contribution is 2.22. The Hall–Kier alpha value is -0.610. The van der Waals surface area contributed by atoms with E-state index in [0.717, 1.165) is 14.8 Å². The lowest BCUT2D eigenvalue weighted by Gasteiger charge is -2.06. The van der Waals surface area contributed by atoms with Crippen LogP contribution < -0.4 is 5.32 Å². The van der Waals surface area contributed by atoms with Gasteiger partial charge in [0.1, 0.15) is 5.82 Å². The molecular formula is C12H10Cl2FNS. The maximum atomic E-state index is 13.2. The Kier molecular flexibility index (Phi) is 4.40. The molecule has 17 heavy (non-hydrogen) atoms. The molecule has 1 heterocycles. The van der Waals surface area contributed by atoms with E-state index in [1.165, 1.54) is 17.4 Å². The smallest absolute Gasteiger partial charge is 0.142 e. The molecule has 0 aliphatic carbocycles. The van der Waals surface area contributed by atoms with Gasteiger partial charge in [0.25, 0.3) is 0 Å². The molecule has 1 aromatic heterocycles. The molecule has 0 bridgehead atoms. The van der Waals surface area contributed by atoms with E-state index in [-0.39, 0.29) is 10.8 Å². The van der Waals surface area contributed by atoms with Gasteiger partial charge in [0.15, 0.2) is 0 Å². The lowest BCUT2D eigenvalue weighted by atomic mass is 10.2. The summed E-state index contributed by atoms with van der Waals surface area (Å²) >= 11 is 13.2. The van der Waals surface area contributed by atoms with Crippen molar-refractivity contribution >= 4 is 34.5 Å². The number of rotatable bonds is 4. The van der Waals surface area contributed by atoms with Crippen LogP contribution in [0.15, 0.2) is 30.3 Å². The maximum Gasteiger partial charge on any atom is 0.142 e. The Labute approximate surface area is 113 Å². The fourth-order valence-corrected chi connectivity index (χ4v) is 2.70. The van der Waals surface area contributed by atoms with Gasteiger partial charge in [-0.25, -0.2) is 4.39 Å². The van der Waals surface area contributed by atoms with E-state index >= 15 is 0 Å². The number of hydrogen-bond acceptors (Lipinski definition) is 2. The second-order valence-corrected chi connectivity index (χ2v) is 5.70. The molecule has 2 rings (SSSR count). The minimum Gasteiger partial charge on any atom is -0.308 e. The van der Waals surface area contributed by atoms with E-state index in [1.807, 2.05) is 12.1 Å². The van der Waals surface area contributed by atoms with Crippen LogP contribution in [0.5, 0.6) is 0 Å². The first kappa shape index (κ1) is 12.8. The van der Waals surface area contributed by atoms with Crippen LogP contribution in [-0.2, 0) is 13.1 Å². The van der Waals surface area contributed by atoms with Crippen LogP contribution in [-0.4, -0.2) is 0 Å². The minimum absolute atomic E-state index is 0.184. The van der Waals surface area contributed by atoms with Gasteiger partial charge in [-0.1, -0.05) is 35.3 Å². The summed E-state index contributed by atoms with van der Waals surface area (Å²) in [6, 6.07) is 8.64. The van der Waals surface area contributed by atoms with Crippen molar-refractivity contribution in [3.8, 4) is 0 Å². The highest BCUT2D eigenvalue weighted by Gasteiger charge is 2.05. The van der Waals surface area contributed by atoms with Crippen LogP contribution in [0.2, 0.25) is 9.36 Å². The highest BCUT2D eigenvalue weighted by atomic mass is 35.5. The van der Waals surface area contributed by atoms with Gasteiger partial charge in [-0.2, -0.15) is 0 Å². The van der Waals surface area contributed by atoms with Crippen molar-refractivity contribution in [2.45, 2.75) is 13.1 Å². The normalized spacial score (nSPS) is 10.8. The summed E-state index contributed by atoms with van der Waals surface area (Å²) in [6.45, 7) is 1.23. The summed E-state index contributed by atoms with van der Waals surface area (Å²) in [7, 11) is 0. The standard InChI is InChI=1S/C12H10Cl2FNS/c13-11-5-4-9(17-11)7-16-6-8-2-1-3-10(15)12(8)14/h1-5,16H,6-7H2. The molecule has 0 aliphatic rings. The van der Waals surface area contributed by atoms with Crippen molar-refractivity contribution in [3.05, 3.63) is 55.9 Å². The van der Waals surface area contributed by atoms with Crippen LogP contribution in [0.3, 0.4) is 0 Å². The number of hydrogen-bond donors (Lipinski definition) is 1. The first-order valence-corrected chi connectivity index (χ1v) is 6.62. The van der Waals surface area contributed by atoms with E-state index < -0.39 is 0 Å². The monoisotopic (exact) mass is 289 g/mol. The topological polar surface area (TPSA) is 12.0 Å². The zero-order chi connectivity index (χ0) is 12.3. The van der Waals surface area contributed by atoms with Crippen LogP contribution in [0, 0.1) is 5.82 Å². The third-order valence-electron chi connectivity index (χ3n) is 2.28. The maximum absolute atomic E-state index is 13.2. The van der Waals surface area contributed by atoms with Crippen LogP contribution >= 0.6 is 34.5 Å². The molecule has 5 heteroatoms. The van der Waals surface area contributed by atoms with E-state index in [1.54, 1.807) is 12.1 Å². The number of thiophene rings is 1. The average molecular weight is 290 g/mol. The Morgan fingerprint density at radius 1 is 1.12 bits per heavy atom. The molecule has 0 aliphatic heterocycles. The van der Waals surface area contributed by atoms with E-state index in [4.69, 9.17) is 23.2 Å². The summed E-state index contributed by atoms with van der Waals surface area (Å²) in [4.78, 5) is 1.14. The van der Waals surface area contributed by atoms with E-state index in [9.17, 15) is 4.39 Å². The molecule has 0 amide bonds. The molecule has 1 N–H and O–H groups in total. The van der Waals surface area contributed by atoms with Gasteiger partial charge in [0, 0.05) is 18.0 Å². The minimum atomic E-state index is -0.384. The lowest BCUT2D eigenvalue weighted by Crippen LogP contribution is -2.12. The molecule has 0 radical (unpaired) electrons. The zero-order valence-electron chi connectivity index (χ0n) is 8.84. The summed E-state index contributed by atoms with van der Waals surface area (Å²) in [6.07, 6.45) is 0. The van der Waals surface area contributed by atoms with Gasteiger partial charge in [0.2, 0.25) is 0 Å². The Balaban J connectivity index is 1.92. The van der Waals surface area contributed by atoms with Crippen LogP contribution in [0.1, 0.15) is 10.4 Å². The highest BCUT2D eigenvalue weighted by molar-refractivity contribution is 7.16. The Bertz CT molecular complexity index is 513. The average Bonchev–Trinajstić information content (AvgIpc) is 2.70. The van der Waals surface area contributed by atoms with Gasteiger partial charge in [-0.05, 0) is 23.8 Å². The van der Waals surface area contributed by atoms with Gasteiger partial charge in [-0.3, -0.25) is 0 Å². The molecule has 90 valence electrons. The summed E-state index contributed by atoms with van der Waals surface area (Å²) in [5.41, 5.74) is 0.759. The molecule has 0 fully saturated rings. The number of halogens is 3. The largest absolute Gasteiger partial charge is 0.308 e. The zero-order valence-corrected chi connectivity index (χ0v) is 11.2. The van der Waals surface area contributed by atoms with Gasteiger partial charge in [0.05, 0.1) is 9.36 Å². The van der Waals surface area contributed by atoms with Gasteiger partial charge < -0.3 is 5.32 Å². The van der Waals surface area contributed by atoms with Crippen LogP contribution in [0.25, 0.3) is 0 Å². The van der Waals surface area contributed by atoms with E-state index in [2.05, 4.69) is 5.32 Å². The molecule has 0 saturated carbocycles. The number of benzene rings is 1. The molecule has 2 aromatic rings. The fourth-order valence-electron chi connectivity index (χ4n) is 1.45. The second-order valence-electron chi connectivity index (χ2n) is 3.52. The molecule has 1 nitrogen and oxygen atoms in total. The van der Waals surface area contributed by atoms with Crippen molar-refractivity contribution in [2.75, 3.05) is 0 Å². The summed E-state index contributed by atoms with van der Waals surface area (Å²) in [5, 5.41) is 3.38. The molecule has 0 atom stereocenters. The van der Waals surface area contributed by atoms with Crippen molar-refractivity contribution in [1.29, 1.82) is 0 Å². The van der Waals surface area contributed by atoms with Gasteiger partial charge >= 0.3 is 0 Å². The van der Waals surface area contributed by atoms with Crippen molar-refractivity contribution in [3.63, 3.8) is 0 Å². The molecular weight excluding hydrogens is 280 g/mol. The van der Waals surface area contributed by atoms with Crippen LogP contribution in [0.4, 0.5) is 4.39 Å². The predicted octanol–water partition coefficient (Wildman–Crippen LogP) is 4.48. The third-order valence-corrected chi connectivity index (χ3v) is 3.93. The molecule has 0 spiro atoms. The first-order chi connectivity index (χ1) is 8.16. The lowest BCUT2D eigenvalue weighted by molar-refractivity contribution is 0.621.